The molecular weight excluding hydrogens is 380 g/mol. The van der Waals surface area contributed by atoms with Crippen LogP contribution in [-0.2, 0) is 22.7 Å². The summed E-state index contributed by atoms with van der Waals surface area (Å²) in [5, 5.41) is 5.06. The molecule has 0 radical (unpaired) electrons. The van der Waals surface area contributed by atoms with Crippen LogP contribution in [0.1, 0.15) is 27.9 Å². The second-order valence-electron chi connectivity index (χ2n) is 6.60. The van der Waals surface area contributed by atoms with Crippen LogP contribution in [0.3, 0.4) is 0 Å². The van der Waals surface area contributed by atoms with Crippen molar-refractivity contribution in [3.05, 3.63) is 64.5 Å². The van der Waals surface area contributed by atoms with Crippen LogP contribution in [-0.4, -0.2) is 25.6 Å². The molecule has 1 aliphatic carbocycles. The lowest BCUT2D eigenvalue weighted by atomic mass is 10.1. The van der Waals surface area contributed by atoms with Crippen molar-refractivity contribution in [2.45, 2.75) is 24.2 Å². The largest absolute Gasteiger partial charge is 0.298 e. The average Bonchev–Trinajstić information content (AvgIpc) is 3.29. The number of sulfone groups is 1. The smallest absolute Gasteiger partial charge is 0.258 e. The molecule has 1 N–H and O–H groups in total. The van der Waals surface area contributed by atoms with Gasteiger partial charge in [-0.3, -0.25) is 10.1 Å². The maximum absolute atomic E-state index is 12.6. The van der Waals surface area contributed by atoms with E-state index in [1.54, 1.807) is 12.1 Å². The molecule has 0 atom stereocenters. The quantitative estimate of drug-likeness (QED) is 0.722. The maximum Gasteiger partial charge on any atom is 0.258 e. The summed E-state index contributed by atoms with van der Waals surface area (Å²) in [4.78, 5) is 17.1. The molecule has 0 spiro atoms. The molecule has 0 saturated carbocycles. The number of thiazole rings is 1. The monoisotopic (exact) mass is 398 g/mol. The van der Waals surface area contributed by atoms with Gasteiger partial charge in [0, 0.05) is 17.2 Å². The number of anilines is 1. The fourth-order valence-electron chi connectivity index (χ4n) is 3.34. The number of amides is 1. The molecule has 2 aromatic carbocycles. The van der Waals surface area contributed by atoms with Gasteiger partial charge in [-0.25, -0.2) is 13.4 Å². The van der Waals surface area contributed by atoms with E-state index in [0.29, 0.717) is 5.13 Å². The second kappa shape index (κ2) is 6.90. The first-order valence-electron chi connectivity index (χ1n) is 8.60. The number of carbonyl (C=O) groups excluding carboxylic acids is 1. The Hall–Kier alpha value is -2.51. The van der Waals surface area contributed by atoms with Gasteiger partial charge in [0.1, 0.15) is 0 Å². The highest BCUT2D eigenvalue weighted by Gasteiger charge is 2.19. The lowest BCUT2D eigenvalue weighted by Crippen LogP contribution is -2.15. The topological polar surface area (TPSA) is 76.1 Å². The molecule has 0 aliphatic heterocycles. The number of fused-ring (bicyclic) bond motifs is 1. The van der Waals surface area contributed by atoms with Gasteiger partial charge in [0.2, 0.25) is 0 Å². The molecule has 4 rings (SSSR count). The van der Waals surface area contributed by atoms with E-state index in [9.17, 15) is 13.2 Å². The van der Waals surface area contributed by atoms with Gasteiger partial charge in [0.25, 0.3) is 5.91 Å². The zero-order valence-electron chi connectivity index (χ0n) is 14.7. The molecular formula is C20H18N2O3S2. The number of rotatable bonds is 4. The number of nitrogens with zero attached hydrogens (tertiary/aromatic N) is 1. The molecule has 1 aromatic heterocycles. The molecule has 1 heterocycles. The van der Waals surface area contributed by atoms with Crippen LogP contribution in [0.5, 0.6) is 0 Å². The van der Waals surface area contributed by atoms with Gasteiger partial charge in [-0.2, -0.15) is 0 Å². The third kappa shape index (κ3) is 3.65. The molecule has 3 aromatic rings. The number of hydrogen-bond donors (Lipinski definition) is 1. The van der Waals surface area contributed by atoms with E-state index in [0.717, 1.165) is 30.4 Å². The van der Waals surface area contributed by atoms with Crippen molar-refractivity contribution in [3.63, 3.8) is 0 Å². The Morgan fingerprint density at radius 2 is 1.89 bits per heavy atom. The summed E-state index contributed by atoms with van der Waals surface area (Å²) in [7, 11) is -3.49. The zero-order valence-corrected chi connectivity index (χ0v) is 16.4. The van der Waals surface area contributed by atoms with Crippen LogP contribution in [0.25, 0.3) is 11.3 Å². The standard InChI is InChI=1S/C20H18N2O3S2/c1-27(24,25)18-8-3-2-7-16(18)19(23)22-20-21-17(12-26-20)15-10-9-13-5-4-6-14(13)11-15/h2-3,7-12H,4-6H2,1H3,(H,21,22,23). The molecule has 0 bridgehead atoms. The third-order valence-corrected chi connectivity index (χ3v) is 6.56. The molecule has 7 heteroatoms. The number of aromatic nitrogens is 1. The lowest BCUT2D eigenvalue weighted by molar-refractivity contribution is 0.102. The highest BCUT2D eigenvalue weighted by molar-refractivity contribution is 7.90. The average molecular weight is 399 g/mol. The van der Waals surface area contributed by atoms with Crippen LogP contribution < -0.4 is 5.32 Å². The molecule has 27 heavy (non-hydrogen) atoms. The number of carbonyl (C=O) groups is 1. The molecule has 1 aliphatic rings. The zero-order chi connectivity index (χ0) is 19.0. The summed E-state index contributed by atoms with van der Waals surface area (Å²) in [5.74, 6) is -0.481. The molecule has 5 nitrogen and oxygen atoms in total. The Kier molecular flexibility index (Phi) is 4.57. The van der Waals surface area contributed by atoms with Gasteiger partial charge < -0.3 is 0 Å². The first-order valence-corrected chi connectivity index (χ1v) is 11.4. The van der Waals surface area contributed by atoms with Crippen molar-refractivity contribution >= 4 is 32.2 Å². The SMILES string of the molecule is CS(=O)(=O)c1ccccc1C(=O)Nc1nc(-c2ccc3c(c2)CCC3)cs1. The summed E-state index contributed by atoms with van der Waals surface area (Å²) in [6.07, 6.45) is 4.51. The third-order valence-electron chi connectivity index (χ3n) is 4.65. The number of benzene rings is 2. The first kappa shape index (κ1) is 17.9. The van der Waals surface area contributed by atoms with Gasteiger partial charge in [-0.1, -0.05) is 24.3 Å². The Morgan fingerprint density at radius 3 is 2.70 bits per heavy atom. The number of aryl methyl sites for hydroxylation is 2. The van der Waals surface area contributed by atoms with E-state index in [1.807, 2.05) is 5.38 Å². The fourth-order valence-corrected chi connectivity index (χ4v) is 4.94. The van der Waals surface area contributed by atoms with Crippen molar-refractivity contribution in [2.75, 3.05) is 11.6 Å². The maximum atomic E-state index is 12.6. The first-order chi connectivity index (χ1) is 12.9. The summed E-state index contributed by atoms with van der Waals surface area (Å²) < 4.78 is 23.8. The molecule has 1 amide bonds. The van der Waals surface area contributed by atoms with Crippen LogP contribution in [0, 0.1) is 0 Å². The highest BCUT2D eigenvalue weighted by atomic mass is 32.2. The Balaban J connectivity index is 1.58. The van der Waals surface area contributed by atoms with E-state index in [4.69, 9.17) is 0 Å². The summed E-state index contributed by atoms with van der Waals surface area (Å²) in [6, 6.07) is 12.6. The second-order valence-corrected chi connectivity index (χ2v) is 9.44. The Bertz CT molecular complexity index is 1130. The van der Waals surface area contributed by atoms with Gasteiger partial charge >= 0.3 is 0 Å². The minimum atomic E-state index is -3.49. The van der Waals surface area contributed by atoms with E-state index < -0.39 is 15.7 Å². The minimum absolute atomic E-state index is 0.0119. The number of hydrogen-bond acceptors (Lipinski definition) is 5. The molecule has 0 fully saturated rings. The van der Waals surface area contributed by atoms with Crippen LogP contribution in [0.2, 0.25) is 0 Å². The normalized spacial score (nSPS) is 13.4. The summed E-state index contributed by atoms with van der Waals surface area (Å²) >= 11 is 1.32. The molecule has 138 valence electrons. The van der Waals surface area contributed by atoms with Crippen LogP contribution in [0.4, 0.5) is 5.13 Å². The van der Waals surface area contributed by atoms with Gasteiger partial charge in [0.05, 0.1) is 16.2 Å². The van der Waals surface area contributed by atoms with Gasteiger partial charge in [-0.05, 0) is 48.6 Å². The highest BCUT2D eigenvalue weighted by Crippen LogP contribution is 2.30. The number of nitrogens with one attached hydrogen (secondary N) is 1. The van der Waals surface area contributed by atoms with Crippen LogP contribution >= 0.6 is 11.3 Å². The molecule has 0 unspecified atom stereocenters. The van der Waals surface area contributed by atoms with Crippen molar-refractivity contribution in [1.82, 2.24) is 4.98 Å². The van der Waals surface area contributed by atoms with E-state index in [1.165, 1.54) is 41.0 Å². The van der Waals surface area contributed by atoms with Gasteiger partial charge in [-0.15, -0.1) is 11.3 Å². The lowest BCUT2D eigenvalue weighted by Gasteiger charge is -2.07. The Morgan fingerprint density at radius 1 is 1.11 bits per heavy atom. The van der Waals surface area contributed by atoms with Crippen LogP contribution in [0.15, 0.2) is 52.7 Å². The van der Waals surface area contributed by atoms with E-state index >= 15 is 0 Å². The van der Waals surface area contributed by atoms with Gasteiger partial charge in [0.15, 0.2) is 15.0 Å². The van der Waals surface area contributed by atoms with Crippen molar-refractivity contribution in [3.8, 4) is 11.3 Å². The van der Waals surface area contributed by atoms with Crippen molar-refractivity contribution in [1.29, 1.82) is 0 Å². The van der Waals surface area contributed by atoms with Crippen molar-refractivity contribution in [2.24, 2.45) is 0 Å². The fraction of sp³-hybridized carbons (Fsp3) is 0.200. The summed E-state index contributed by atoms with van der Waals surface area (Å²) in [6.45, 7) is 0. The Labute approximate surface area is 162 Å². The summed E-state index contributed by atoms with van der Waals surface area (Å²) in [5.41, 5.74) is 4.73. The van der Waals surface area contributed by atoms with E-state index in [-0.39, 0.29) is 10.5 Å². The predicted molar refractivity (Wildman–Crippen MR) is 107 cm³/mol. The predicted octanol–water partition coefficient (Wildman–Crippen LogP) is 3.95. The van der Waals surface area contributed by atoms with Crippen molar-refractivity contribution < 1.29 is 13.2 Å². The van der Waals surface area contributed by atoms with E-state index in [2.05, 4.69) is 28.5 Å². The minimum Gasteiger partial charge on any atom is -0.298 e. The molecule has 0 saturated heterocycles.